The quantitative estimate of drug-likeness (QED) is 0.560. The van der Waals surface area contributed by atoms with Crippen molar-refractivity contribution < 1.29 is 0 Å². The fourth-order valence-electron chi connectivity index (χ4n) is 1.28. The molecule has 0 aliphatic rings. The predicted molar refractivity (Wildman–Crippen MR) is 67.0 cm³/mol. The van der Waals surface area contributed by atoms with Crippen LogP contribution < -0.4 is 16.2 Å². The van der Waals surface area contributed by atoms with Gasteiger partial charge >= 0.3 is 0 Å². The van der Waals surface area contributed by atoms with Crippen LogP contribution in [0, 0.1) is 5.41 Å². The summed E-state index contributed by atoms with van der Waals surface area (Å²) in [6.45, 7) is 1.91. The Morgan fingerprint density at radius 1 is 1.81 bits per heavy atom. The van der Waals surface area contributed by atoms with Gasteiger partial charge in [-0.2, -0.15) is 0 Å². The van der Waals surface area contributed by atoms with E-state index in [9.17, 15) is 4.79 Å². The second-order valence-electron chi connectivity index (χ2n) is 3.56. The predicted octanol–water partition coefficient (Wildman–Crippen LogP) is 0.683. The van der Waals surface area contributed by atoms with Gasteiger partial charge in [-0.15, -0.1) is 0 Å². The van der Waals surface area contributed by atoms with E-state index < -0.39 is 0 Å². The highest BCUT2D eigenvalue weighted by atomic mass is 79.9. The first-order valence-corrected chi connectivity index (χ1v) is 5.51. The van der Waals surface area contributed by atoms with E-state index in [0.29, 0.717) is 16.7 Å². The summed E-state index contributed by atoms with van der Waals surface area (Å²) >= 11 is 3.18. The summed E-state index contributed by atoms with van der Waals surface area (Å²) in [4.78, 5) is 19.7. The zero-order valence-corrected chi connectivity index (χ0v) is 10.7. The topological polar surface area (TPSA) is 98.9 Å². The summed E-state index contributed by atoms with van der Waals surface area (Å²) in [6.07, 6.45) is 1.77. The van der Waals surface area contributed by atoms with E-state index in [2.05, 4.69) is 25.9 Å². The molecule has 88 valence electrons. The standard InChI is InChI=1S/C9H14BrN5O/c1-5(3-6(11)12)15(2)8-7(10)9(16)14-4-13-8/h4-5H,3H2,1-2H3,(H3,11,12)(H,13,14,16). The first-order chi connectivity index (χ1) is 7.43. The molecule has 0 saturated heterocycles. The summed E-state index contributed by atoms with van der Waals surface area (Å²) in [5, 5.41) is 7.23. The normalized spacial score (nSPS) is 12.2. The fourth-order valence-corrected chi connectivity index (χ4v) is 1.78. The molecule has 1 heterocycles. The largest absolute Gasteiger partial charge is 0.388 e. The Hall–Kier alpha value is -1.37. The van der Waals surface area contributed by atoms with Crippen LogP contribution in [0.5, 0.6) is 0 Å². The van der Waals surface area contributed by atoms with Crippen LogP contribution in [0.1, 0.15) is 13.3 Å². The van der Waals surface area contributed by atoms with Crippen molar-refractivity contribution >= 4 is 27.6 Å². The maximum Gasteiger partial charge on any atom is 0.267 e. The summed E-state index contributed by atoms with van der Waals surface area (Å²) in [6, 6.07) is 0.00287. The number of hydrogen-bond donors (Lipinski definition) is 3. The molecule has 0 radical (unpaired) electrons. The van der Waals surface area contributed by atoms with E-state index in [4.69, 9.17) is 11.1 Å². The van der Waals surface area contributed by atoms with E-state index in [1.165, 1.54) is 6.33 Å². The molecule has 0 bridgehead atoms. The number of aromatic nitrogens is 2. The second-order valence-corrected chi connectivity index (χ2v) is 4.35. The average molecular weight is 288 g/mol. The maximum absolute atomic E-state index is 11.4. The van der Waals surface area contributed by atoms with Gasteiger partial charge in [0.05, 0.1) is 12.2 Å². The molecule has 0 aliphatic heterocycles. The second kappa shape index (κ2) is 5.11. The lowest BCUT2D eigenvalue weighted by atomic mass is 10.2. The minimum Gasteiger partial charge on any atom is -0.388 e. The van der Waals surface area contributed by atoms with Crippen molar-refractivity contribution in [3.8, 4) is 0 Å². The van der Waals surface area contributed by atoms with Gasteiger partial charge < -0.3 is 15.6 Å². The van der Waals surface area contributed by atoms with E-state index >= 15 is 0 Å². The van der Waals surface area contributed by atoms with Crippen molar-refractivity contribution in [2.75, 3.05) is 11.9 Å². The maximum atomic E-state index is 11.4. The zero-order chi connectivity index (χ0) is 12.3. The third kappa shape index (κ3) is 2.82. The van der Waals surface area contributed by atoms with E-state index in [1.54, 1.807) is 11.9 Å². The highest BCUT2D eigenvalue weighted by Gasteiger charge is 2.16. The summed E-state index contributed by atoms with van der Waals surface area (Å²) < 4.78 is 0.382. The van der Waals surface area contributed by atoms with Gasteiger partial charge in [0, 0.05) is 19.5 Å². The Morgan fingerprint density at radius 3 is 3.00 bits per heavy atom. The number of amidine groups is 1. The Bertz CT molecular complexity index is 444. The highest BCUT2D eigenvalue weighted by Crippen LogP contribution is 2.20. The zero-order valence-electron chi connectivity index (χ0n) is 9.12. The van der Waals surface area contributed by atoms with Crippen molar-refractivity contribution in [1.29, 1.82) is 5.41 Å². The van der Waals surface area contributed by atoms with Crippen LogP contribution in [0.25, 0.3) is 0 Å². The van der Waals surface area contributed by atoms with Crippen LogP contribution in [0.2, 0.25) is 0 Å². The van der Waals surface area contributed by atoms with Crippen molar-refractivity contribution in [1.82, 2.24) is 9.97 Å². The molecule has 0 fully saturated rings. The lowest BCUT2D eigenvalue weighted by Gasteiger charge is -2.25. The molecular weight excluding hydrogens is 274 g/mol. The summed E-state index contributed by atoms with van der Waals surface area (Å²) in [7, 11) is 1.81. The van der Waals surface area contributed by atoms with Crippen LogP contribution >= 0.6 is 15.9 Å². The van der Waals surface area contributed by atoms with Gasteiger partial charge in [-0.1, -0.05) is 0 Å². The van der Waals surface area contributed by atoms with E-state index in [1.807, 2.05) is 6.92 Å². The fraction of sp³-hybridized carbons (Fsp3) is 0.444. The molecule has 1 atom stereocenters. The Balaban J connectivity index is 2.96. The number of halogens is 1. The van der Waals surface area contributed by atoms with Crippen LogP contribution in [0.15, 0.2) is 15.6 Å². The molecule has 1 rings (SSSR count). The molecule has 7 heteroatoms. The van der Waals surface area contributed by atoms with Gasteiger partial charge in [-0.25, -0.2) is 4.98 Å². The minimum absolute atomic E-state index is 0.00287. The Labute approximate surface area is 102 Å². The lowest BCUT2D eigenvalue weighted by Crippen LogP contribution is -2.34. The Morgan fingerprint density at radius 2 is 2.44 bits per heavy atom. The highest BCUT2D eigenvalue weighted by molar-refractivity contribution is 9.10. The SMILES string of the molecule is CC(CC(=N)N)N(C)c1nc[nH]c(=O)c1Br. The molecular formula is C9H14BrN5O. The number of H-pyrrole nitrogens is 1. The van der Waals surface area contributed by atoms with Crippen LogP contribution in [-0.2, 0) is 0 Å². The molecule has 4 N–H and O–H groups in total. The average Bonchev–Trinajstić information content (AvgIpc) is 2.20. The first kappa shape index (κ1) is 12.7. The molecule has 0 amide bonds. The van der Waals surface area contributed by atoms with Crippen molar-refractivity contribution in [2.45, 2.75) is 19.4 Å². The number of aromatic amines is 1. The summed E-state index contributed by atoms with van der Waals surface area (Å²) in [5.41, 5.74) is 5.10. The van der Waals surface area contributed by atoms with E-state index in [0.717, 1.165) is 0 Å². The third-order valence-corrected chi connectivity index (χ3v) is 3.00. The molecule has 1 unspecified atom stereocenters. The van der Waals surface area contributed by atoms with Gasteiger partial charge in [-0.05, 0) is 22.9 Å². The van der Waals surface area contributed by atoms with Crippen molar-refractivity contribution in [2.24, 2.45) is 5.73 Å². The van der Waals surface area contributed by atoms with Crippen molar-refractivity contribution in [3.05, 3.63) is 21.2 Å². The number of nitrogens with one attached hydrogen (secondary N) is 2. The van der Waals surface area contributed by atoms with Crippen LogP contribution in [-0.4, -0.2) is 28.9 Å². The Kier molecular flexibility index (Phi) is 4.05. The number of anilines is 1. The molecule has 0 spiro atoms. The molecule has 1 aromatic rings. The summed E-state index contributed by atoms with van der Waals surface area (Å²) in [5.74, 6) is 0.651. The minimum atomic E-state index is -0.230. The van der Waals surface area contributed by atoms with Crippen molar-refractivity contribution in [3.63, 3.8) is 0 Å². The molecule has 0 saturated carbocycles. The van der Waals surface area contributed by atoms with Crippen LogP contribution in [0.4, 0.5) is 5.82 Å². The molecule has 0 aromatic carbocycles. The molecule has 1 aromatic heterocycles. The van der Waals surface area contributed by atoms with Gasteiger partial charge in [0.15, 0.2) is 0 Å². The monoisotopic (exact) mass is 287 g/mol. The lowest BCUT2D eigenvalue weighted by molar-refractivity contribution is 0.696. The number of nitrogens with two attached hydrogens (primary N) is 1. The van der Waals surface area contributed by atoms with Gasteiger partial charge in [-0.3, -0.25) is 10.2 Å². The van der Waals surface area contributed by atoms with E-state index in [-0.39, 0.29) is 17.4 Å². The third-order valence-electron chi connectivity index (χ3n) is 2.29. The van der Waals surface area contributed by atoms with Crippen LogP contribution in [0.3, 0.4) is 0 Å². The molecule has 6 nitrogen and oxygen atoms in total. The molecule has 0 aliphatic carbocycles. The number of hydrogen-bond acceptors (Lipinski definition) is 4. The molecule has 16 heavy (non-hydrogen) atoms. The number of nitrogens with zero attached hydrogens (tertiary/aromatic N) is 2. The smallest absolute Gasteiger partial charge is 0.267 e. The van der Waals surface area contributed by atoms with Gasteiger partial charge in [0.25, 0.3) is 5.56 Å². The number of rotatable bonds is 4. The first-order valence-electron chi connectivity index (χ1n) is 4.72. The van der Waals surface area contributed by atoms with Gasteiger partial charge in [0.2, 0.25) is 0 Å². The van der Waals surface area contributed by atoms with Gasteiger partial charge in [0.1, 0.15) is 10.3 Å².